The van der Waals surface area contributed by atoms with Crippen LogP contribution in [-0.4, -0.2) is 79.7 Å². The number of alkyl halides is 1. The van der Waals surface area contributed by atoms with E-state index in [1.165, 1.54) is 26.9 Å². The number of aromatic amines is 1. The molecule has 30 heavy (non-hydrogen) atoms. The molecule has 1 aliphatic rings. The predicted molar refractivity (Wildman–Crippen MR) is 106 cm³/mol. The van der Waals surface area contributed by atoms with Crippen LogP contribution < -0.4 is 0 Å². The molecule has 0 radical (unpaired) electrons. The summed E-state index contributed by atoms with van der Waals surface area (Å²) in [6, 6.07) is 8.98. The number of hydrogen-bond acceptors (Lipinski definition) is 5. The molecule has 1 fully saturated rings. The summed E-state index contributed by atoms with van der Waals surface area (Å²) in [6.07, 6.45) is 2.05. The van der Waals surface area contributed by atoms with Gasteiger partial charge in [0.25, 0.3) is 11.8 Å². The number of likely N-dealkylation sites (tertiary alicyclic amines) is 1. The van der Waals surface area contributed by atoms with Crippen LogP contribution in [0.5, 0.6) is 0 Å². The summed E-state index contributed by atoms with van der Waals surface area (Å²) in [7, 11) is 3.25. The van der Waals surface area contributed by atoms with E-state index in [1.54, 1.807) is 14.1 Å². The molecule has 4 rings (SSSR count). The summed E-state index contributed by atoms with van der Waals surface area (Å²) >= 11 is 0. The highest BCUT2D eigenvalue weighted by atomic mass is 19.1. The van der Waals surface area contributed by atoms with Gasteiger partial charge in [-0.3, -0.25) is 14.7 Å². The first-order chi connectivity index (χ1) is 14.4. The van der Waals surface area contributed by atoms with Gasteiger partial charge in [-0.15, -0.1) is 5.10 Å². The Morgan fingerprint density at radius 1 is 1.27 bits per heavy atom. The number of hydrogen-bond donors (Lipinski definition) is 1. The molecule has 1 saturated heterocycles. The topological polar surface area (TPSA) is 100 Å². The lowest BCUT2D eigenvalue weighted by Crippen LogP contribution is -2.38. The van der Waals surface area contributed by atoms with Crippen LogP contribution in [-0.2, 0) is 6.54 Å². The van der Waals surface area contributed by atoms with E-state index in [0.29, 0.717) is 11.3 Å². The molecule has 156 valence electrons. The molecular formula is C20H22FN7O2. The first kappa shape index (κ1) is 19.7. The highest BCUT2D eigenvalue weighted by molar-refractivity contribution is 6.00. The molecule has 3 heterocycles. The lowest BCUT2D eigenvalue weighted by molar-refractivity contribution is 0.0714. The molecule has 2 amide bonds. The van der Waals surface area contributed by atoms with E-state index in [0.717, 1.165) is 5.56 Å². The zero-order chi connectivity index (χ0) is 21.3. The van der Waals surface area contributed by atoms with Gasteiger partial charge in [0.15, 0.2) is 5.69 Å². The summed E-state index contributed by atoms with van der Waals surface area (Å²) in [5.74, 6) is -0.563. The minimum Gasteiger partial charge on any atom is -0.343 e. The molecule has 2 aromatic heterocycles. The van der Waals surface area contributed by atoms with Gasteiger partial charge >= 0.3 is 0 Å². The molecule has 0 bridgehead atoms. The van der Waals surface area contributed by atoms with Gasteiger partial charge in [-0.1, -0.05) is 35.5 Å². The van der Waals surface area contributed by atoms with Crippen LogP contribution in [0, 0.1) is 0 Å². The van der Waals surface area contributed by atoms with Gasteiger partial charge in [-0.25, -0.2) is 9.07 Å². The Balaban J connectivity index is 1.55. The molecule has 0 aliphatic carbocycles. The van der Waals surface area contributed by atoms with E-state index in [-0.39, 0.29) is 37.0 Å². The molecule has 0 saturated carbocycles. The number of nitrogens with zero attached hydrogens (tertiary/aromatic N) is 6. The number of carbonyl (C=O) groups is 2. The number of aromatic nitrogens is 5. The summed E-state index contributed by atoms with van der Waals surface area (Å²) in [4.78, 5) is 28.2. The number of amides is 2. The van der Waals surface area contributed by atoms with Crippen molar-refractivity contribution in [2.45, 2.75) is 25.2 Å². The normalized spacial score (nSPS) is 18.6. The van der Waals surface area contributed by atoms with E-state index in [1.807, 2.05) is 30.3 Å². The third-order valence-electron chi connectivity index (χ3n) is 5.12. The van der Waals surface area contributed by atoms with E-state index < -0.39 is 12.2 Å². The molecule has 9 nitrogen and oxygen atoms in total. The zero-order valence-corrected chi connectivity index (χ0v) is 16.7. The van der Waals surface area contributed by atoms with Gasteiger partial charge in [0.2, 0.25) is 0 Å². The SMILES string of the molecule is CN(C)C(=O)c1cn(CC2CC(F)CN2C(=O)c2cn[nH]c2-c2ccccc2)nn1. The van der Waals surface area contributed by atoms with Gasteiger partial charge in [0.05, 0.1) is 42.8 Å². The molecule has 1 aliphatic heterocycles. The van der Waals surface area contributed by atoms with Crippen LogP contribution in [0.25, 0.3) is 11.3 Å². The fraction of sp³-hybridized carbons (Fsp3) is 0.350. The molecule has 3 aromatic rings. The largest absolute Gasteiger partial charge is 0.343 e. The maximum Gasteiger partial charge on any atom is 0.275 e. The standard InChI is InChI=1S/C20H22FN7O2/c1-26(2)20(30)17-12-27(25-23-17)11-15-8-14(21)10-28(15)19(29)16-9-22-24-18(16)13-6-4-3-5-7-13/h3-7,9,12,14-15H,8,10-11H2,1-2H3,(H,22,24). The van der Waals surface area contributed by atoms with Crippen LogP contribution in [0.4, 0.5) is 4.39 Å². The van der Waals surface area contributed by atoms with Crippen molar-refractivity contribution in [1.82, 2.24) is 35.0 Å². The second kappa shape index (κ2) is 8.05. The van der Waals surface area contributed by atoms with Crippen LogP contribution in [0.3, 0.4) is 0 Å². The summed E-state index contributed by atoms with van der Waals surface area (Å²) < 4.78 is 15.7. The van der Waals surface area contributed by atoms with E-state index in [4.69, 9.17) is 0 Å². The van der Waals surface area contributed by atoms with Crippen LogP contribution in [0.15, 0.2) is 42.7 Å². The molecule has 0 spiro atoms. The first-order valence-corrected chi connectivity index (χ1v) is 9.59. The highest BCUT2D eigenvalue weighted by Crippen LogP contribution is 2.27. The Hall–Kier alpha value is -3.56. The van der Waals surface area contributed by atoms with Gasteiger partial charge < -0.3 is 9.80 Å². The Labute approximate surface area is 172 Å². The van der Waals surface area contributed by atoms with Gasteiger partial charge in [0.1, 0.15) is 6.17 Å². The Morgan fingerprint density at radius 3 is 2.77 bits per heavy atom. The number of carbonyl (C=O) groups excluding carboxylic acids is 2. The Morgan fingerprint density at radius 2 is 2.03 bits per heavy atom. The molecule has 10 heteroatoms. The quantitative estimate of drug-likeness (QED) is 0.688. The van der Waals surface area contributed by atoms with Crippen molar-refractivity contribution < 1.29 is 14.0 Å². The number of nitrogens with one attached hydrogen (secondary N) is 1. The first-order valence-electron chi connectivity index (χ1n) is 9.59. The molecular weight excluding hydrogens is 389 g/mol. The summed E-state index contributed by atoms with van der Waals surface area (Å²) in [5.41, 5.74) is 2.02. The second-order valence-corrected chi connectivity index (χ2v) is 7.49. The van der Waals surface area contributed by atoms with Crippen molar-refractivity contribution in [2.24, 2.45) is 0 Å². The minimum atomic E-state index is -1.13. The summed E-state index contributed by atoms with van der Waals surface area (Å²) in [5, 5.41) is 14.7. The Bertz CT molecular complexity index is 1050. The zero-order valence-electron chi connectivity index (χ0n) is 16.7. The number of rotatable bonds is 5. The van der Waals surface area contributed by atoms with Crippen LogP contribution in [0.1, 0.15) is 27.3 Å². The monoisotopic (exact) mass is 411 g/mol. The lowest BCUT2D eigenvalue weighted by atomic mass is 10.1. The third kappa shape index (κ3) is 3.80. The van der Waals surface area contributed by atoms with Crippen molar-refractivity contribution in [3.8, 4) is 11.3 Å². The highest BCUT2D eigenvalue weighted by Gasteiger charge is 2.37. The maximum atomic E-state index is 14.3. The van der Waals surface area contributed by atoms with E-state index in [9.17, 15) is 14.0 Å². The molecule has 1 N–H and O–H groups in total. The van der Waals surface area contributed by atoms with E-state index in [2.05, 4.69) is 20.5 Å². The van der Waals surface area contributed by atoms with Crippen molar-refractivity contribution in [2.75, 3.05) is 20.6 Å². The van der Waals surface area contributed by atoms with Crippen molar-refractivity contribution in [1.29, 1.82) is 0 Å². The Kier molecular flexibility index (Phi) is 5.30. The summed E-state index contributed by atoms with van der Waals surface area (Å²) in [6.45, 7) is 0.249. The minimum absolute atomic E-state index is 0.00108. The molecule has 1 aromatic carbocycles. The second-order valence-electron chi connectivity index (χ2n) is 7.49. The third-order valence-corrected chi connectivity index (χ3v) is 5.12. The van der Waals surface area contributed by atoms with Crippen molar-refractivity contribution in [3.05, 3.63) is 54.0 Å². The number of H-pyrrole nitrogens is 1. The average molecular weight is 411 g/mol. The lowest BCUT2D eigenvalue weighted by Gasteiger charge is -2.24. The van der Waals surface area contributed by atoms with Gasteiger partial charge in [-0.2, -0.15) is 5.10 Å². The number of benzene rings is 1. The fourth-order valence-corrected chi connectivity index (χ4v) is 3.64. The molecule has 2 atom stereocenters. The van der Waals surface area contributed by atoms with Crippen molar-refractivity contribution >= 4 is 11.8 Å². The van der Waals surface area contributed by atoms with Crippen molar-refractivity contribution in [3.63, 3.8) is 0 Å². The van der Waals surface area contributed by atoms with Gasteiger partial charge in [-0.05, 0) is 0 Å². The predicted octanol–water partition coefficient (Wildman–Crippen LogP) is 1.62. The smallest absolute Gasteiger partial charge is 0.275 e. The van der Waals surface area contributed by atoms with Gasteiger partial charge in [0, 0.05) is 26.1 Å². The molecule has 2 unspecified atom stereocenters. The van der Waals surface area contributed by atoms with Crippen LogP contribution >= 0.6 is 0 Å². The average Bonchev–Trinajstić information content (AvgIpc) is 3.47. The number of halogens is 1. The van der Waals surface area contributed by atoms with E-state index >= 15 is 0 Å². The fourth-order valence-electron chi connectivity index (χ4n) is 3.64. The van der Waals surface area contributed by atoms with Crippen LogP contribution in [0.2, 0.25) is 0 Å². The maximum absolute atomic E-state index is 14.3.